The summed E-state index contributed by atoms with van der Waals surface area (Å²) in [4.78, 5) is 18.4. The second-order valence-corrected chi connectivity index (χ2v) is 5.18. The smallest absolute Gasteiger partial charge is 0.247 e. The molecule has 0 bridgehead atoms. The summed E-state index contributed by atoms with van der Waals surface area (Å²) in [7, 11) is 3.64. The fourth-order valence-corrected chi connectivity index (χ4v) is 2.14. The van der Waals surface area contributed by atoms with E-state index in [1.165, 1.54) is 0 Å². The van der Waals surface area contributed by atoms with Crippen molar-refractivity contribution >= 4 is 5.91 Å². The van der Waals surface area contributed by atoms with E-state index in [0.29, 0.717) is 6.54 Å². The van der Waals surface area contributed by atoms with Gasteiger partial charge in [0.2, 0.25) is 5.91 Å². The van der Waals surface area contributed by atoms with Crippen LogP contribution in [0, 0.1) is 0 Å². The lowest BCUT2D eigenvalue weighted by Crippen LogP contribution is -2.49. The van der Waals surface area contributed by atoms with Gasteiger partial charge in [-0.05, 0) is 12.5 Å². The second kappa shape index (κ2) is 5.46. The quantitative estimate of drug-likeness (QED) is 0.911. The normalized spacial score (nSPS) is 13.8. The molecule has 0 aliphatic rings. The predicted molar refractivity (Wildman–Crippen MR) is 77.7 cm³/mol. The molecule has 0 spiro atoms. The Labute approximate surface area is 119 Å². The largest absolute Gasteiger partial charge is 0.337 e. The van der Waals surface area contributed by atoms with Gasteiger partial charge in [0, 0.05) is 26.5 Å². The Bertz CT molecular complexity index is 589. The molecule has 1 amide bonds. The van der Waals surface area contributed by atoms with E-state index < -0.39 is 5.54 Å². The van der Waals surface area contributed by atoms with E-state index in [1.807, 2.05) is 48.1 Å². The maximum atomic E-state index is 12.6. The number of imidazole rings is 1. The van der Waals surface area contributed by atoms with Gasteiger partial charge in [-0.15, -0.1) is 0 Å². The molecule has 1 unspecified atom stereocenters. The summed E-state index contributed by atoms with van der Waals surface area (Å²) in [5.41, 5.74) is 5.99. The molecule has 0 saturated carbocycles. The van der Waals surface area contributed by atoms with Crippen LogP contribution >= 0.6 is 0 Å². The highest BCUT2D eigenvalue weighted by Crippen LogP contribution is 2.20. The van der Waals surface area contributed by atoms with Crippen LogP contribution in [0.1, 0.15) is 18.3 Å². The van der Waals surface area contributed by atoms with E-state index in [9.17, 15) is 4.79 Å². The molecular formula is C15H20N4O. The third-order valence-electron chi connectivity index (χ3n) is 3.46. The van der Waals surface area contributed by atoms with Crippen LogP contribution in [0.25, 0.3) is 0 Å². The van der Waals surface area contributed by atoms with Crippen LogP contribution < -0.4 is 5.73 Å². The maximum absolute atomic E-state index is 12.6. The van der Waals surface area contributed by atoms with Crippen LogP contribution in [0.5, 0.6) is 0 Å². The summed E-state index contributed by atoms with van der Waals surface area (Å²) in [6.45, 7) is 2.17. The van der Waals surface area contributed by atoms with Crippen molar-refractivity contribution in [3.8, 4) is 0 Å². The van der Waals surface area contributed by atoms with Crippen LogP contribution in [0.3, 0.4) is 0 Å². The van der Waals surface area contributed by atoms with E-state index in [1.54, 1.807) is 25.1 Å². The van der Waals surface area contributed by atoms with Crippen molar-refractivity contribution in [2.75, 3.05) is 7.05 Å². The summed E-state index contributed by atoms with van der Waals surface area (Å²) in [5.74, 6) is 0.691. The van der Waals surface area contributed by atoms with Crippen LogP contribution in [0.2, 0.25) is 0 Å². The number of carbonyl (C=O) groups is 1. The third kappa shape index (κ3) is 2.72. The fraction of sp³-hybridized carbons (Fsp3) is 0.333. The number of hydrogen-bond donors (Lipinski definition) is 1. The summed E-state index contributed by atoms with van der Waals surface area (Å²) < 4.78 is 1.89. The summed E-state index contributed by atoms with van der Waals surface area (Å²) >= 11 is 0. The number of amides is 1. The van der Waals surface area contributed by atoms with Crippen molar-refractivity contribution in [2.24, 2.45) is 12.8 Å². The first-order chi connectivity index (χ1) is 9.43. The number of aryl methyl sites for hydroxylation is 1. The average molecular weight is 272 g/mol. The highest BCUT2D eigenvalue weighted by atomic mass is 16.2. The molecule has 20 heavy (non-hydrogen) atoms. The minimum Gasteiger partial charge on any atom is -0.337 e. The molecule has 2 rings (SSSR count). The van der Waals surface area contributed by atoms with Gasteiger partial charge in [0.15, 0.2) is 0 Å². The molecule has 5 nitrogen and oxygen atoms in total. The Morgan fingerprint density at radius 1 is 1.40 bits per heavy atom. The molecule has 1 aromatic heterocycles. The van der Waals surface area contributed by atoms with Crippen molar-refractivity contribution in [2.45, 2.75) is 19.0 Å². The van der Waals surface area contributed by atoms with E-state index in [2.05, 4.69) is 4.98 Å². The van der Waals surface area contributed by atoms with E-state index in [0.717, 1.165) is 11.4 Å². The maximum Gasteiger partial charge on any atom is 0.247 e. The number of likely N-dealkylation sites (N-methyl/N-ethyl adjacent to an activating group) is 1. The lowest BCUT2D eigenvalue weighted by atomic mass is 9.92. The van der Waals surface area contributed by atoms with Gasteiger partial charge >= 0.3 is 0 Å². The Balaban J connectivity index is 2.16. The molecule has 0 aliphatic carbocycles. The molecule has 0 saturated heterocycles. The predicted octanol–water partition coefficient (Wildman–Crippen LogP) is 1.25. The number of benzene rings is 1. The van der Waals surface area contributed by atoms with Gasteiger partial charge in [0.05, 0.1) is 6.54 Å². The first-order valence-electron chi connectivity index (χ1n) is 6.49. The van der Waals surface area contributed by atoms with Crippen LogP contribution in [-0.4, -0.2) is 27.4 Å². The Kier molecular flexibility index (Phi) is 3.90. The Morgan fingerprint density at radius 2 is 2.05 bits per heavy atom. The van der Waals surface area contributed by atoms with Gasteiger partial charge < -0.3 is 15.2 Å². The first-order valence-corrected chi connectivity index (χ1v) is 6.49. The topological polar surface area (TPSA) is 64.2 Å². The van der Waals surface area contributed by atoms with Crippen molar-refractivity contribution < 1.29 is 4.79 Å². The van der Waals surface area contributed by atoms with Crippen molar-refractivity contribution in [1.82, 2.24) is 14.5 Å². The minimum absolute atomic E-state index is 0.133. The summed E-state index contributed by atoms with van der Waals surface area (Å²) in [5, 5.41) is 0. The number of rotatable bonds is 4. The zero-order chi connectivity index (χ0) is 14.8. The molecular weight excluding hydrogens is 252 g/mol. The van der Waals surface area contributed by atoms with Gasteiger partial charge in [-0.2, -0.15) is 0 Å². The van der Waals surface area contributed by atoms with Gasteiger partial charge in [0.1, 0.15) is 11.4 Å². The van der Waals surface area contributed by atoms with Crippen LogP contribution in [0.4, 0.5) is 0 Å². The first kappa shape index (κ1) is 14.3. The summed E-state index contributed by atoms with van der Waals surface area (Å²) in [6.07, 6.45) is 3.57. The number of nitrogens with two attached hydrogens (primary N) is 1. The van der Waals surface area contributed by atoms with Crippen molar-refractivity contribution in [1.29, 1.82) is 0 Å². The lowest BCUT2D eigenvalue weighted by molar-refractivity contribution is -0.136. The Hall–Kier alpha value is -2.14. The van der Waals surface area contributed by atoms with Crippen LogP contribution in [0.15, 0.2) is 42.7 Å². The van der Waals surface area contributed by atoms with Gasteiger partial charge in [0.25, 0.3) is 0 Å². The monoisotopic (exact) mass is 272 g/mol. The van der Waals surface area contributed by atoms with Crippen LogP contribution in [-0.2, 0) is 23.9 Å². The van der Waals surface area contributed by atoms with Crippen molar-refractivity contribution in [3.63, 3.8) is 0 Å². The fourth-order valence-electron chi connectivity index (χ4n) is 2.14. The number of aromatic nitrogens is 2. The molecule has 0 aliphatic heterocycles. The molecule has 106 valence electrons. The highest BCUT2D eigenvalue weighted by molar-refractivity contribution is 5.86. The zero-order valence-electron chi connectivity index (χ0n) is 12.1. The SMILES string of the molecule is CN(Cc1nccn1C)C(=O)C(C)(N)c1ccccc1. The van der Waals surface area contributed by atoms with E-state index in [4.69, 9.17) is 5.73 Å². The third-order valence-corrected chi connectivity index (χ3v) is 3.46. The van der Waals surface area contributed by atoms with E-state index in [-0.39, 0.29) is 5.91 Å². The highest BCUT2D eigenvalue weighted by Gasteiger charge is 2.33. The minimum atomic E-state index is -1.04. The Morgan fingerprint density at radius 3 is 2.60 bits per heavy atom. The molecule has 5 heteroatoms. The zero-order valence-corrected chi connectivity index (χ0v) is 12.1. The standard InChI is InChI=1S/C15H20N4O/c1-15(16,12-7-5-4-6-8-12)14(20)19(3)11-13-17-9-10-18(13)2/h4-10H,11,16H2,1-3H3. The van der Waals surface area contributed by atoms with Gasteiger partial charge in [-0.3, -0.25) is 4.79 Å². The van der Waals surface area contributed by atoms with E-state index >= 15 is 0 Å². The molecule has 1 atom stereocenters. The molecule has 1 heterocycles. The van der Waals surface area contributed by atoms with Gasteiger partial charge in [-0.25, -0.2) is 4.98 Å². The number of carbonyl (C=O) groups excluding carboxylic acids is 1. The van der Waals surface area contributed by atoms with Gasteiger partial charge in [-0.1, -0.05) is 30.3 Å². The molecule has 0 fully saturated rings. The lowest BCUT2D eigenvalue weighted by Gasteiger charge is -2.29. The molecule has 1 aromatic carbocycles. The number of hydrogen-bond acceptors (Lipinski definition) is 3. The van der Waals surface area contributed by atoms with Crippen molar-refractivity contribution in [3.05, 3.63) is 54.1 Å². The second-order valence-electron chi connectivity index (χ2n) is 5.18. The number of nitrogens with zero attached hydrogens (tertiary/aromatic N) is 3. The molecule has 0 radical (unpaired) electrons. The molecule has 2 aromatic rings. The average Bonchev–Trinajstić information content (AvgIpc) is 2.84. The summed E-state index contributed by atoms with van der Waals surface area (Å²) in [6, 6.07) is 9.40. The molecule has 2 N–H and O–H groups in total.